The van der Waals surface area contributed by atoms with Crippen molar-refractivity contribution in [1.82, 2.24) is 4.90 Å². The first-order chi connectivity index (χ1) is 35.9. The number of fused-ring (bicyclic) bond motifs is 3. The fraction of sp³-hybridized carbons (Fsp3) is 0.741. The molecule has 2 bridgehead atoms. The van der Waals surface area contributed by atoms with Crippen LogP contribution >= 0.6 is 0 Å². The first-order valence-electron chi connectivity index (χ1n) is 27.4. The highest BCUT2D eigenvalue weighted by Gasteiger charge is 2.53. The van der Waals surface area contributed by atoms with Gasteiger partial charge < -0.3 is 53.7 Å². The predicted octanol–water partition coefficient (Wildman–Crippen LogP) is 5.89. The fourth-order valence-corrected chi connectivity index (χ4v) is 11.2. The van der Waals surface area contributed by atoms with Gasteiger partial charge in [-0.2, -0.15) is 0 Å². The molecule has 3 fully saturated rings. The lowest BCUT2D eigenvalue weighted by Crippen LogP contribution is -2.61. The number of allylic oxidation sites excluding steroid dienone is 6. The third kappa shape index (κ3) is 16.8. The zero-order valence-corrected chi connectivity index (χ0v) is 46.9. The van der Waals surface area contributed by atoms with Crippen molar-refractivity contribution < 1.29 is 82.4 Å². The Morgan fingerprint density at radius 2 is 1.57 bits per heavy atom. The van der Waals surface area contributed by atoms with Crippen LogP contribution in [0.1, 0.15) is 139 Å². The number of ether oxygens (including phenoxy) is 6. The largest absolute Gasteiger partial charge is 0.461 e. The molecule has 18 heteroatoms. The number of piperidine rings is 1. The number of aliphatic hydroxyl groups is 4. The molecule has 4 aliphatic rings. The number of hydrogen-bond donors (Lipinski definition) is 4. The van der Waals surface area contributed by atoms with E-state index in [4.69, 9.17) is 28.4 Å². The summed E-state index contributed by atoms with van der Waals surface area (Å²) in [4.78, 5) is 98.6. The lowest BCUT2D eigenvalue weighted by Gasteiger charge is -2.42. The third-order valence-electron chi connectivity index (χ3n) is 16.3. The number of rotatable bonds is 11. The zero-order chi connectivity index (χ0) is 56.7. The Hall–Kier alpha value is -4.43. The molecule has 0 radical (unpaired) electrons. The quantitative estimate of drug-likeness (QED) is 0.107. The molecule has 1 unspecified atom stereocenters. The van der Waals surface area contributed by atoms with Crippen LogP contribution in [0.5, 0.6) is 0 Å². The van der Waals surface area contributed by atoms with E-state index in [1.54, 1.807) is 40.9 Å². The van der Waals surface area contributed by atoms with Gasteiger partial charge in [0.2, 0.25) is 5.79 Å². The average molecular weight is 1070 g/mol. The number of Topliss-reactive ketones (excluding diaryl/α,β-unsaturated/α-hetero) is 3. The summed E-state index contributed by atoms with van der Waals surface area (Å²) >= 11 is 0. The summed E-state index contributed by atoms with van der Waals surface area (Å²) in [7, 11) is 3.05. The van der Waals surface area contributed by atoms with Crippen LogP contribution in [-0.2, 0) is 62.0 Å². The summed E-state index contributed by atoms with van der Waals surface area (Å²) in [6.07, 6.45) is 10.6. The molecule has 4 rings (SSSR count). The molecule has 15 atom stereocenters. The van der Waals surface area contributed by atoms with Crippen molar-refractivity contribution in [2.24, 2.45) is 46.8 Å². The molecule has 1 amide bonds. The van der Waals surface area contributed by atoms with Crippen molar-refractivity contribution in [3.05, 3.63) is 47.6 Å². The van der Waals surface area contributed by atoms with Gasteiger partial charge in [0.05, 0.1) is 44.1 Å². The second-order valence-electron chi connectivity index (χ2n) is 22.6. The number of methoxy groups -OCH3 is 2. The Labute approximate surface area is 450 Å². The van der Waals surface area contributed by atoms with E-state index in [1.807, 2.05) is 51.2 Å². The Balaban J connectivity index is 1.74. The van der Waals surface area contributed by atoms with Gasteiger partial charge in [-0.05, 0) is 114 Å². The second-order valence-corrected chi connectivity index (χ2v) is 22.6. The van der Waals surface area contributed by atoms with Crippen molar-refractivity contribution in [1.29, 1.82) is 0 Å². The normalized spacial score (nSPS) is 34.8. The second kappa shape index (κ2) is 29.5. The molecule has 0 aromatic carbocycles. The average Bonchev–Trinajstić information content (AvgIpc) is 3.39. The molecule has 1 saturated carbocycles. The molecule has 0 aromatic rings. The molecule has 4 N–H and O–H groups in total. The highest BCUT2D eigenvalue weighted by molar-refractivity contribution is 6.39. The number of ketones is 3. The summed E-state index contributed by atoms with van der Waals surface area (Å²) < 4.78 is 35.6. The van der Waals surface area contributed by atoms with E-state index in [-0.39, 0.29) is 49.0 Å². The van der Waals surface area contributed by atoms with Crippen LogP contribution in [0.15, 0.2) is 47.6 Å². The lowest BCUT2D eigenvalue weighted by molar-refractivity contribution is -0.265. The number of hydrogen-bond acceptors (Lipinski definition) is 17. The van der Waals surface area contributed by atoms with Gasteiger partial charge in [0.1, 0.15) is 35.6 Å². The van der Waals surface area contributed by atoms with E-state index < -0.39 is 139 Å². The minimum Gasteiger partial charge on any atom is -0.461 e. The number of carbonyl (C=O) groups is 7. The van der Waals surface area contributed by atoms with Crippen molar-refractivity contribution in [2.45, 2.75) is 188 Å². The molecular weight excluding hydrogens is 983 g/mol. The maximum Gasteiger partial charge on any atom is 0.329 e. The lowest BCUT2D eigenvalue weighted by atomic mass is 9.78. The van der Waals surface area contributed by atoms with E-state index in [0.29, 0.717) is 57.8 Å². The van der Waals surface area contributed by atoms with Crippen LogP contribution < -0.4 is 0 Å². The summed E-state index contributed by atoms with van der Waals surface area (Å²) in [6, 6.07) is -1.23. The first kappa shape index (κ1) is 64.1. The number of nitrogens with zero attached hydrogens (tertiary/aromatic N) is 1. The van der Waals surface area contributed by atoms with Crippen LogP contribution in [0.2, 0.25) is 0 Å². The smallest absolute Gasteiger partial charge is 0.329 e. The molecule has 1 aliphatic carbocycles. The molecule has 0 spiro atoms. The van der Waals surface area contributed by atoms with Crippen molar-refractivity contribution >= 4 is 41.2 Å². The minimum atomic E-state index is -2.49. The van der Waals surface area contributed by atoms with Gasteiger partial charge in [0.15, 0.2) is 5.78 Å². The van der Waals surface area contributed by atoms with E-state index >= 15 is 0 Å². The number of cyclic esters (lactones) is 1. The third-order valence-corrected chi connectivity index (χ3v) is 16.3. The highest BCUT2D eigenvalue weighted by Crippen LogP contribution is 2.39. The number of esters is 3. The van der Waals surface area contributed by atoms with Crippen molar-refractivity contribution in [2.75, 3.05) is 40.6 Å². The molecule has 2 saturated heterocycles. The summed E-state index contributed by atoms with van der Waals surface area (Å²) in [6.45, 7) is 13.2. The Morgan fingerprint density at radius 3 is 2.20 bits per heavy atom. The molecule has 18 nitrogen and oxygen atoms in total. The topological polar surface area (TPSA) is 259 Å². The monoisotopic (exact) mass is 1070 g/mol. The summed E-state index contributed by atoms with van der Waals surface area (Å²) in [5.41, 5.74) is -0.440. The van der Waals surface area contributed by atoms with E-state index in [9.17, 15) is 54.0 Å². The summed E-state index contributed by atoms with van der Waals surface area (Å²) in [5.74, 6) is -11.5. The van der Waals surface area contributed by atoms with Gasteiger partial charge >= 0.3 is 17.9 Å². The number of carbonyl (C=O) groups excluding carboxylic acids is 7. The van der Waals surface area contributed by atoms with Gasteiger partial charge in [-0.25, -0.2) is 4.79 Å². The molecule has 76 heavy (non-hydrogen) atoms. The zero-order valence-electron chi connectivity index (χ0n) is 46.9. The van der Waals surface area contributed by atoms with E-state index in [2.05, 4.69) is 0 Å². The maximum absolute atomic E-state index is 14.6. The molecule has 3 heterocycles. The SMILES string of the molecule is CO[C@H]1C[C@@H]2CC[C@@H](C)[C@@](O)(O2)C(=O)C(=O)N2CCCC[C@H]2C(=O)O[C@H]([C@H](C)C[C@@H]2CC[C@@H](OC(=O)C(C)(CO)CO)[C@H](OC)C2)CC(=O)/C(C)=C/C(C)[C@@H](OC(C)=O)[C@@H](CO)C(=O)[C@H](C)C[C@H](C)C=CC=CC=C1C. The van der Waals surface area contributed by atoms with Gasteiger partial charge in [0, 0.05) is 58.3 Å². The van der Waals surface area contributed by atoms with Crippen LogP contribution in [0.3, 0.4) is 0 Å². The van der Waals surface area contributed by atoms with Gasteiger partial charge in [-0.3, -0.25) is 28.8 Å². The summed E-state index contributed by atoms with van der Waals surface area (Å²) in [5, 5.41) is 42.3. The van der Waals surface area contributed by atoms with Gasteiger partial charge in [0.25, 0.3) is 11.7 Å². The van der Waals surface area contributed by atoms with Crippen LogP contribution in [0, 0.1) is 46.8 Å². The van der Waals surface area contributed by atoms with Gasteiger partial charge in [-0.1, -0.05) is 71.1 Å². The van der Waals surface area contributed by atoms with Crippen molar-refractivity contribution in [3.8, 4) is 0 Å². The Kier molecular flexibility index (Phi) is 24.9. The van der Waals surface area contributed by atoms with Crippen molar-refractivity contribution in [3.63, 3.8) is 0 Å². The Morgan fingerprint density at radius 1 is 0.868 bits per heavy atom. The molecule has 3 aliphatic heterocycles. The van der Waals surface area contributed by atoms with Crippen LogP contribution in [0.25, 0.3) is 0 Å². The number of aliphatic hydroxyl groups excluding tert-OH is 3. The number of amides is 1. The maximum atomic E-state index is 14.6. The van der Waals surface area contributed by atoms with Crippen LogP contribution in [0.4, 0.5) is 0 Å². The molecular formula is C58H89NO17. The first-order valence-corrected chi connectivity index (χ1v) is 27.4. The van der Waals surface area contributed by atoms with Crippen LogP contribution in [-0.4, -0.2) is 156 Å². The standard InChI is InChI=1S/C58H89NO17/c1-34-17-13-12-14-18-35(2)48(71-10)29-43-22-20-40(7)58(70,76-43)53(66)54(67)59-24-16-15-19-45(59)55(68)74-49(37(4)27-42-21-23-47(50(28-42)72-11)75-56(69)57(9,32-61)33-62)30-46(64)36(3)26-39(6)52(73-41(8)63)44(31-60)51(65)38(5)25-34/h12-14,17-18,26,34,37-40,42-45,47-50,52,60-62,70H,15-16,19-25,27-33H2,1-11H3/b14-12?,17-13?,35-18?,36-26+/t34-,37-,38-,39?,40-,42+,43+,44+,45+,47-,48+,49+,50-,52-,58-/m1/s1. The molecule has 428 valence electrons. The predicted molar refractivity (Wildman–Crippen MR) is 281 cm³/mol. The van der Waals surface area contributed by atoms with Gasteiger partial charge in [-0.15, -0.1) is 0 Å². The molecule has 0 aromatic heterocycles. The van der Waals surface area contributed by atoms with E-state index in [1.165, 1.54) is 21.0 Å². The van der Waals surface area contributed by atoms with E-state index in [0.717, 1.165) is 10.5 Å². The Bertz CT molecular complexity index is 2130. The highest BCUT2D eigenvalue weighted by atomic mass is 16.6. The fourth-order valence-electron chi connectivity index (χ4n) is 11.2. The minimum absolute atomic E-state index is 0.0239.